The molecule has 1 aliphatic heterocycles. The van der Waals surface area contributed by atoms with Crippen LogP contribution in [0.15, 0.2) is 0 Å². The van der Waals surface area contributed by atoms with Gasteiger partial charge in [0.05, 0.1) is 0 Å². The predicted octanol–water partition coefficient (Wildman–Crippen LogP) is 0.0909. The molecule has 0 radical (unpaired) electrons. The SMILES string of the molecule is CC(=O)N1CCCN(CCCCCC(=O)NN)CC1. The number of hydrogen-bond acceptors (Lipinski definition) is 4. The van der Waals surface area contributed by atoms with Crippen molar-refractivity contribution in [1.29, 1.82) is 0 Å². The zero-order valence-electron chi connectivity index (χ0n) is 11.9. The number of nitrogens with zero attached hydrogens (tertiary/aromatic N) is 2. The third-order valence-electron chi connectivity index (χ3n) is 3.57. The largest absolute Gasteiger partial charge is 0.342 e. The van der Waals surface area contributed by atoms with Crippen LogP contribution >= 0.6 is 0 Å². The minimum absolute atomic E-state index is 0.0909. The average molecular weight is 270 g/mol. The first kappa shape index (κ1) is 15.9. The second-order valence-electron chi connectivity index (χ2n) is 5.08. The summed E-state index contributed by atoms with van der Waals surface area (Å²) in [6.07, 6.45) is 4.58. The highest BCUT2D eigenvalue weighted by atomic mass is 16.2. The van der Waals surface area contributed by atoms with E-state index in [1.807, 2.05) is 4.90 Å². The van der Waals surface area contributed by atoms with E-state index in [1.54, 1.807) is 6.92 Å². The van der Waals surface area contributed by atoms with Crippen LogP contribution in [0.25, 0.3) is 0 Å². The van der Waals surface area contributed by atoms with E-state index in [0.29, 0.717) is 6.42 Å². The van der Waals surface area contributed by atoms with Gasteiger partial charge in [0, 0.05) is 33.0 Å². The normalized spacial score (nSPS) is 17.1. The van der Waals surface area contributed by atoms with Crippen molar-refractivity contribution in [2.75, 3.05) is 32.7 Å². The Kier molecular flexibility index (Phi) is 7.43. The molecule has 0 atom stereocenters. The van der Waals surface area contributed by atoms with E-state index in [9.17, 15) is 9.59 Å². The lowest BCUT2D eigenvalue weighted by atomic mass is 10.2. The molecule has 2 amide bonds. The molecule has 6 heteroatoms. The van der Waals surface area contributed by atoms with E-state index in [1.165, 1.54) is 0 Å². The Morgan fingerprint density at radius 3 is 2.58 bits per heavy atom. The van der Waals surface area contributed by atoms with Gasteiger partial charge in [-0.15, -0.1) is 0 Å². The molecule has 1 rings (SSSR count). The van der Waals surface area contributed by atoms with Crippen LogP contribution in [-0.2, 0) is 9.59 Å². The summed E-state index contributed by atoms with van der Waals surface area (Å²) in [5.41, 5.74) is 2.14. The van der Waals surface area contributed by atoms with Gasteiger partial charge in [-0.05, 0) is 32.4 Å². The molecule has 19 heavy (non-hydrogen) atoms. The molecule has 1 aliphatic rings. The van der Waals surface area contributed by atoms with Gasteiger partial charge in [0.15, 0.2) is 0 Å². The van der Waals surface area contributed by atoms with Crippen LogP contribution in [0, 0.1) is 0 Å². The van der Waals surface area contributed by atoms with Crippen molar-refractivity contribution in [3.8, 4) is 0 Å². The lowest BCUT2D eigenvalue weighted by Gasteiger charge is -2.20. The van der Waals surface area contributed by atoms with Crippen molar-refractivity contribution in [2.45, 2.75) is 39.0 Å². The quantitative estimate of drug-likeness (QED) is 0.310. The second kappa shape index (κ2) is 8.87. The standard InChI is InChI=1S/C13H26N4O2/c1-12(18)17-9-5-8-16(10-11-17)7-4-2-3-6-13(19)15-14/h2-11,14H2,1H3,(H,15,19). The fourth-order valence-corrected chi connectivity index (χ4v) is 2.38. The lowest BCUT2D eigenvalue weighted by Crippen LogP contribution is -2.34. The number of carbonyl (C=O) groups is 2. The topological polar surface area (TPSA) is 78.7 Å². The maximum absolute atomic E-state index is 11.3. The summed E-state index contributed by atoms with van der Waals surface area (Å²) in [4.78, 5) is 26.6. The second-order valence-corrected chi connectivity index (χ2v) is 5.08. The van der Waals surface area contributed by atoms with Crippen LogP contribution in [0.3, 0.4) is 0 Å². The zero-order chi connectivity index (χ0) is 14.1. The van der Waals surface area contributed by atoms with Gasteiger partial charge in [-0.3, -0.25) is 15.0 Å². The van der Waals surface area contributed by atoms with E-state index in [-0.39, 0.29) is 11.8 Å². The molecule has 3 N–H and O–H groups in total. The van der Waals surface area contributed by atoms with E-state index >= 15 is 0 Å². The Morgan fingerprint density at radius 1 is 1.11 bits per heavy atom. The Balaban J connectivity index is 2.10. The molecule has 1 fully saturated rings. The number of amides is 2. The lowest BCUT2D eigenvalue weighted by molar-refractivity contribution is -0.128. The zero-order valence-corrected chi connectivity index (χ0v) is 11.9. The number of nitrogens with one attached hydrogen (secondary N) is 1. The molecule has 0 aromatic heterocycles. The van der Waals surface area contributed by atoms with Crippen molar-refractivity contribution >= 4 is 11.8 Å². The molecule has 0 bridgehead atoms. The number of nitrogens with two attached hydrogens (primary N) is 1. The maximum Gasteiger partial charge on any atom is 0.233 e. The summed E-state index contributed by atoms with van der Waals surface area (Å²) in [6.45, 7) is 6.43. The fourth-order valence-electron chi connectivity index (χ4n) is 2.38. The number of carbonyl (C=O) groups excluding carboxylic acids is 2. The van der Waals surface area contributed by atoms with Gasteiger partial charge >= 0.3 is 0 Å². The van der Waals surface area contributed by atoms with Gasteiger partial charge in [-0.2, -0.15) is 0 Å². The van der Waals surface area contributed by atoms with E-state index < -0.39 is 0 Å². The first-order valence-electron chi connectivity index (χ1n) is 7.11. The molecule has 0 spiro atoms. The van der Waals surface area contributed by atoms with Crippen LogP contribution in [0.2, 0.25) is 0 Å². The van der Waals surface area contributed by atoms with Gasteiger partial charge in [-0.25, -0.2) is 5.84 Å². The Morgan fingerprint density at radius 2 is 1.89 bits per heavy atom. The third-order valence-corrected chi connectivity index (χ3v) is 3.57. The number of hydrogen-bond donors (Lipinski definition) is 2. The minimum atomic E-state index is -0.0909. The molecule has 0 aliphatic carbocycles. The van der Waals surface area contributed by atoms with Crippen LogP contribution in [-0.4, -0.2) is 54.3 Å². The molecule has 1 heterocycles. The van der Waals surface area contributed by atoms with E-state index in [2.05, 4.69) is 10.3 Å². The summed E-state index contributed by atoms with van der Waals surface area (Å²) in [7, 11) is 0. The van der Waals surface area contributed by atoms with E-state index in [4.69, 9.17) is 5.84 Å². The Bertz CT molecular complexity index is 296. The van der Waals surface area contributed by atoms with Crippen LogP contribution in [0.5, 0.6) is 0 Å². The fraction of sp³-hybridized carbons (Fsp3) is 0.846. The Labute approximate surface area is 115 Å². The minimum Gasteiger partial charge on any atom is -0.342 e. The third kappa shape index (κ3) is 6.54. The Hall–Kier alpha value is -1.14. The van der Waals surface area contributed by atoms with Crippen LogP contribution in [0.4, 0.5) is 0 Å². The molecule has 0 saturated carbocycles. The number of unbranched alkanes of at least 4 members (excludes halogenated alkanes) is 2. The molecular weight excluding hydrogens is 244 g/mol. The first-order valence-corrected chi connectivity index (χ1v) is 7.11. The van der Waals surface area contributed by atoms with Crippen molar-refractivity contribution in [1.82, 2.24) is 15.2 Å². The van der Waals surface area contributed by atoms with Gasteiger partial charge in [0.2, 0.25) is 11.8 Å². The summed E-state index contributed by atoms with van der Waals surface area (Å²) in [6, 6.07) is 0. The van der Waals surface area contributed by atoms with Crippen molar-refractivity contribution in [3.63, 3.8) is 0 Å². The van der Waals surface area contributed by atoms with Crippen molar-refractivity contribution in [2.24, 2.45) is 5.84 Å². The molecular formula is C13H26N4O2. The first-order chi connectivity index (χ1) is 9.13. The summed E-state index contributed by atoms with van der Waals surface area (Å²) in [5, 5.41) is 0. The molecule has 6 nitrogen and oxygen atoms in total. The summed E-state index contributed by atoms with van der Waals surface area (Å²) >= 11 is 0. The number of rotatable bonds is 6. The van der Waals surface area contributed by atoms with Crippen molar-refractivity contribution in [3.05, 3.63) is 0 Å². The molecule has 1 saturated heterocycles. The smallest absolute Gasteiger partial charge is 0.233 e. The maximum atomic E-state index is 11.3. The average Bonchev–Trinajstić information content (AvgIpc) is 2.63. The van der Waals surface area contributed by atoms with Gasteiger partial charge in [-0.1, -0.05) is 6.42 Å². The monoisotopic (exact) mass is 270 g/mol. The molecule has 110 valence electrons. The van der Waals surface area contributed by atoms with Crippen molar-refractivity contribution < 1.29 is 9.59 Å². The summed E-state index contributed by atoms with van der Waals surface area (Å²) in [5.74, 6) is 5.10. The van der Waals surface area contributed by atoms with Crippen LogP contribution < -0.4 is 11.3 Å². The number of hydrazine groups is 1. The highest BCUT2D eigenvalue weighted by Gasteiger charge is 2.15. The predicted molar refractivity (Wildman–Crippen MR) is 74.1 cm³/mol. The molecule has 0 aromatic rings. The van der Waals surface area contributed by atoms with Gasteiger partial charge < -0.3 is 9.80 Å². The molecule has 0 aromatic carbocycles. The highest BCUT2D eigenvalue weighted by molar-refractivity contribution is 5.75. The molecule has 0 unspecified atom stereocenters. The van der Waals surface area contributed by atoms with Gasteiger partial charge in [0.1, 0.15) is 0 Å². The van der Waals surface area contributed by atoms with Crippen LogP contribution in [0.1, 0.15) is 39.0 Å². The highest BCUT2D eigenvalue weighted by Crippen LogP contribution is 2.06. The van der Waals surface area contributed by atoms with Gasteiger partial charge in [0.25, 0.3) is 0 Å². The van der Waals surface area contributed by atoms with E-state index in [0.717, 1.165) is 58.4 Å². The summed E-state index contributed by atoms with van der Waals surface area (Å²) < 4.78 is 0.